The lowest BCUT2D eigenvalue weighted by Crippen LogP contribution is -2.59. The first-order chi connectivity index (χ1) is 4.76. The van der Waals surface area contributed by atoms with E-state index in [0.29, 0.717) is 0 Å². The van der Waals surface area contributed by atoms with Crippen molar-refractivity contribution < 1.29 is 9.59 Å². The highest BCUT2D eigenvalue weighted by molar-refractivity contribution is 8.23. The van der Waals surface area contributed by atoms with Crippen LogP contribution < -0.4 is 5.32 Å². The maximum absolute atomic E-state index is 10.8. The number of hydrogen-bond donors (Lipinski definition) is 0. The lowest BCUT2D eigenvalue weighted by atomic mass is 10.2. The van der Waals surface area contributed by atoms with E-state index >= 15 is 0 Å². The minimum absolute atomic E-state index is 0.245. The van der Waals surface area contributed by atoms with Crippen molar-refractivity contribution in [2.45, 2.75) is 4.08 Å². The quantitative estimate of drug-likeness (QED) is 0.378. The normalized spacial score (nSPS) is 28.4. The molecular weight excluding hydrogens is 170 g/mol. The molecule has 0 atom stereocenters. The highest BCUT2D eigenvalue weighted by Crippen LogP contribution is 2.48. The van der Waals surface area contributed by atoms with Crippen LogP contribution in [0.4, 0.5) is 0 Å². The van der Waals surface area contributed by atoms with Crippen LogP contribution in [-0.2, 0) is 9.59 Å². The minimum atomic E-state index is -0.778. The Labute approximate surface area is 66.3 Å². The van der Waals surface area contributed by atoms with Crippen molar-refractivity contribution in [1.29, 1.82) is 0 Å². The fourth-order valence-electron chi connectivity index (χ4n) is 0.937. The SMILES string of the molecule is O=C1[N]C(=O)C12SCCS2. The van der Waals surface area contributed by atoms with E-state index < -0.39 is 4.08 Å². The van der Waals surface area contributed by atoms with Gasteiger partial charge in [0, 0.05) is 11.5 Å². The predicted molar refractivity (Wildman–Crippen MR) is 39.8 cm³/mol. The van der Waals surface area contributed by atoms with Crippen molar-refractivity contribution in [1.82, 2.24) is 5.32 Å². The zero-order valence-corrected chi connectivity index (χ0v) is 6.63. The number of hydrogen-bond acceptors (Lipinski definition) is 4. The number of β-lactam (4-membered cyclic amide) rings is 2. The molecule has 3 nitrogen and oxygen atoms in total. The first-order valence-corrected chi connectivity index (χ1v) is 4.81. The Morgan fingerprint density at radius 3 is 2.00 bits per heavy atom. The van der Waals surface area contributed by atoms with Gasteiger partial charge in [0.15, 0.2) is 0 Å². The summed E-state index contributed by atoms with van der Waals surface area (Å²) in [6.45, 7) is 0. The summed E-state index contributed by atoms with van der Waals surface area (Å²) in [7, 11) is 0. The summed E-state index contributed by atoms with van der Waals surface area (Å²) in [4.78, 5) is 21.7. The van der Waals surface area contributed by atoms with Gasteiger partial charge >= 0.3 is 0 Å². The molecule has 53 valence electrons. The zero-order chi connectivity index (χ0) is 7.19. The first-order valence-electron chi connectivity index (χ1n) is 2.84. The molecule has 2 saturated heterocycles. The van der Waals surface area contributed by atoms with Gasteiger partial charge in [-0.1, -0.05) is 0 Å². The van der Waals surface area contributed by atoms with E-state index in [1.54, 1.807) is 0 Å². The van der Waals surface area contributed by atoms with E-state index in [4.69, 9.17) is 0 Å². The second-order valence-corrected chi connectivity index (χ2v) is 4.91. The fraction of sp³-hybridized carbons (Fsp3) is 0.600. The number of thioether (sulfide) groups is 2. The van der Waals surface area contributed by atoms with Crippen molar-refractivity contribution in [3.63, 3.8) is 0 Å². The second-order valence-electron chi connectivity index (χ2n) is 2.04. The van der Waals surface area contributed by atoms with Crippen LogP contribution in [0, 0.1) is 0 Å². The van der Waals surface area contributed by atoms with Gasteiger partial charge in [-0.2, -0.15) is 5.32 Å². The number of amides is 2. The molecule has 2 aliphatic heterocycles. The lowest BCUT2D eigenvalue weighted by Gasteiger charge is -2.29. The van der Waals surface area contributed by atoms with E-state index in [2.05, 4.69) is 5.32 Å². The summed E-state index contributed by atoms with van der Waals surface area (Å²) in [5.41, 5.74) is 0. The first kappa shape index (κ1) is 6.54. The van der Waals surface area contributed by atoms with Crippen LogP contribution in [0.25, 0.3) is 0 Å². The van der Waals surface area contributed by atoms with Gasteiger partial charge in [0.1, 0.15) is 0 Å². The number of rotatable bonds is 0. The zero-order valence-electron chi connectivity index (χ0n) is 4.99. The molecule has 1 radical (unpaired) electrons. The summed E-state index contributed by atoms with van der Waals surface area (Å²) in [6.07, 6.45) is 0. The second kappa shape index (κ2) is 1.92. The smallest absolute Gasteiger partial charge is 0.269 e. The molecule has 2 fully saturated rings. The van der Waals surface area contributed by atoms with Crippen LogP contribution in [0.3, 0.4) is 0 Å². The van der Waals surface area contributed by atoms with E-state index in [-0.39, 0.29) is 11.8 Å². The molecule has 0 aromatic heterocycles. The topological polar surface area (TPSA) is 48.2 Å². The molecule has 0 aliphatic carbocycles. The van der Waals surface area contributed by atoms with E-state index in [1.807, 2.05) is 0 Å². The lowest BCUT2D eigenvalue weighted by molar-refractivity contribution is -0.142. The van der Waals surface area contributed by atoms with Crippen LogP contribution in [0.5, 0.6) is 0 Å². The van der Waals surface area contributed by atoms with Crippen molar-refractivity contribution in [2.24, 2.45) is 0 Å². The van der Waals surface area contributed by atoms with Crippen molar-refractivity contribution >= 4 is 35.3 Å². The summed E-state index contributed by atoms with van der Waals surface area (Å²) < 4.78 is -0.778. The van der Waals surface area contributed by atoms with Crippen molar-refractivity contribution in [3.05, 3.63) is 0 Å². The van der Waals surface area contributed by atoms with Crippen LogP contribution in [-0.4, -0.2) is 27.4 Å². The largest absolute Gasteiger partial charge is 0.285 e. The maximum Gasteiger partial charge on any atom is 0.285 e. The Kier molecular flexibility index (Phi) is 1.25. The minimum Gasteiger partial charge on any atom is -0.269 e. The highest BCUT2D eigenvalue weighted by atomic mass is 32.2. The van der Waals surface area contributed by atoms with E-state index in [9.17, 15) is 9.59 Å². The van der Waals surface area contributed by atoms with Gasteiger partial charge in [0.05, 0.1) is 0 Å². The number of nitrogens with zero attached hydrogens (tertiary/aromatic N) is 1. The molecule has 10 heavy (non-hydrogen) atoms. The molecule has 0 bridgehead atoms. The van der Waals surface area contributed by atoms with Gasteiger partial charge in [-0.05, 0) is 0 Å². The maximum atomic E-state index is 10.8. The van der Waals surface area contributed by atoms with Crippen molar-refractivity contribution in [2.75, 3.05) is 11.5 Å². The number of carbonyl (C=O) groups is 2. The third kappa shape index (κ3) is 0.594. The van der Waals surface area contributed by atoms with Gasteiger partial charge in [-0.15, -0.1) is 23.5 Å². The molecule has 2 amide bonds. The Balaban J connectivity index is 2.27. The predicted octanol–water partition coefficient (Wildman–Crippen LogP) is -0.166. The summed E-state index contributed by atoms with van der Waals surface area (Å²) >= 11 is 2.84. The Bertz CT molecular complexity index is 194. The molecule has 2 aliphatic rings. The molecule has 0 aromatic rings. The molecule has 2 heterocycles. The monoisotopic (exact) mass is 174 g/mol. The molecule has 5 heteroatoms. The van der Waals surface area contributed by atoms with Crippen LogP contribution in [0.1, 0.15) is 0 Å². The summed E-state index contributed by atoms with van der Waals surface area (Å²) in [5, 5.41) is 3.24. The molecule has 0 saturated carbocycles. The van der Waals surface area contributed by atoms with Crippen LogP contribution in [0.2, 0.25) is 0 Å². The van der Waals surface area contributed by atoms with Gasteiger partial charge < -0.3 is 0 Å². The Morgan fingerprint density at radius 2 is 1.70 bits per heavy atom. The molecule has 0 N–H and O–H groups in total. The molecule has 0 unspecified atom stereocenters. The third-order valence-corrected chi connectivity index (χ3v) is 4.75. The highest BCUT2D eigenvalue weighted by Gasteiger charge is 2.60. The number of carbonyl (C=O) groups excluding carboxylic acids is 2. The van der Waals surface area contributed by atoms with Crippen LogP contribution >= 0.6 is 23.5 Å². The fourth-order valence-corrected chi connectivity index (χ4v) is 3.69. The molecule has 1 spiro atoms. The van der Waals surface area contributed by atoms with Gasteiger partial charge in [0.2, 0.25) is 4.08 Å². The van der Waals surface area contributed by atoms with Gasteiger partial charge in [-0.25, -0.2) is 0 Å². The third-order valence-electron chi connectivity index (χ3n) is 1.46. The van der Waals surface area contributed by atoms with E-state index in [0.717, 1.165) is 11.5 Å². The van der Waals surface area contributed by atoms with Gasteiger partial charge in [0.25, 0.3) is 11.8 Å². The van der Waals surface area contributed by atoms with Crippen molar-refractivity contribution in [3.8, 4) is 0 Å². The van der Waals surface area contributed by atoms with Crippen LogP contribution in [0.15, 0.2) is 0 Å². The average Bonchev–Trinajstić information content (AvgIpc) is 2.37. The standard InChI is InChI=1S/C5H4NO2S2/c7-3-5(4(8)6-3)9-1-2-10-5/h1-2H2. The molecule has 2 rings (SSSR count). The summed E-state index contributed by atoms with van der Waals surface area (Å²) in [5.74, 6) is 1.28. The van der Waals surface area contributed by atoms with E-state index in [1.165, 1.54) is 23.5 Å². The Morgan fingerprint density at radius 1 is 1.20 bits per heavy atom. The average molecular weight is 174 g/mol. The van der Waals surface area contributed by atoms with Gasteiger partial charge in [-0.3, -0.25) is 9.59 Å². The Hall–Kier alpha value is -0.160. The summed E-state index contributed by atoms with van der Waals surface area (Å²) in [6, 6.07) is 0. The number of imide groups is 1. The molecular formula is C5H4NO2S2. The molecule has 0 aromatic carbocycles.